The highest BCUT2D eigenvalue weighted by atomic mass is 16.6. The fraction of sp³-hybridized carbons (Fsp3) is 0.462. The molecule has 0 saturated carbocycles. The molecule has 0 fully saturated rings. The minimum Gasteiger partial charge on any atom is -0.478 e. The third kappa shape index (κ3) is 3.92. The predicted molar refractivity (Wildman–Crippen MR) is 74.0 cm³/mol. The molecule has 0 saturated heterocycles. The second-order valence-corrected chi connectivity index (χ2v) is 4.80. The van der Waals surface area contributed by atoms with Crippen molar-refractivity contribution in [2.75, 3.05) is 11.9 Å². The molecule has 1 atom stereocenters. The third-order valence-electron chi connectivity index (χ3n) is 3.03. The van der Waals surface area contributed by atoms with Crippen LogP contribution in [-0.2, 0) is 0 Å². The summed E-state index contributed by atoms with van der Waals surface area (Å²) in [6.07, 6.45) is 0.466. The van der Waals surface area contributed by atoms with Crippen LogP contribution in [0.2, 0.25) is 0 Å². The average molecular weight is 282 g/mol. The van der Waals surface area contributed by atoms with E-state index in [0.29, 0.717) is 12.1 Å². The molecule has 0 aliphatic rings. The average Bonchev–Trinajstić information content (AvgIpc) is 2.37. The number of carboxylic acid groups (broad SMARTS) is 1. The van der Waals surface area contributed by atoms with Gasteiger partial charge in [0.2, 0.25) is 0 Å². The number of rotatable bonds is 7. The van der Waals surface area contributed by atoms with Crippen molar-refractivity contribution in [2.45, 2.75) is 26.3 Å². The van der Waals surface area contributed by atoms with Crippen molar-refractivity contribution < 1.29 is 19.9 Å². The number of aliphatic hydroxyl groups excluding tert-OH is 1. The van der Waals surface area contributed by atoms with E-state index in [1.54, 1.807) is 0 Å². The number of carboxylic acids is 1. The highest BCUT2D eigenvalue weighted by molar-refractivity contribution is 5.95. The normalized spacial score (nSPS) is 12.2. The van der Waals surface area contributed by atoms with Gasteiger partial charge in [-0.1, -0.05) is 13.8 Å². The van der Waals surface area contributed by atoms with Gasteiger partial charge in [-0.25, -0.2) is 4.79 Å². The first kappa shape index (κ1) is 15.9. The number of benzene rings is 1. The van der Waals surface area contributed by atoms with Gasteiger partial charge in [-0.3, -0.25) is 10.1 Å². The predicted octanol–water partition coefficient (Wildman–Crippen LogP) is 2.11. The second-order valence-electron chi connectivity index (χ2n) is 4.80. The number of hydrogen-bond donors (Lipinski definition) is 3. The molecular weight excluding hydrogens is 264 g/mol. The Bertz CT molecular complexity index is 502. The molecule has 20 heavy (non-hydrogen) atoms. The molecule has 0 spiro atoms. The monoisotopic (exact) mass is 282 g/mol. The van der Waals surface area contributed by atoms with E-state index in [4.69, 9.17) is 10.2 Å². The van der Waals surface area contributed by atoms with E-state index in [9.17, 15) is 14.9 Å². The number of anilines is 1. The summed E-state index contributed by atoms with van der Waals surface area (Å²) in [7, 11) is 0. The molecule has 7 nitrogen and oxygen atoms in total. The summed E-state index contributed by atoms with van der Waals surface area (Å²) >= 11 is 0. The fourth-order valence-corrected chi connectivity index (χ4v) is 1.86. The molecule has 1 aromatic rings. The van der Waals surface area contributed by atoms with Crippen molar-refractivity contribution in [1.29, 1.82) is 0 Å². The van der Waals surface area contributed by atoms with Gasteiger partial charge in [0.15, 0.2) is 0 Å². The molecule has 0 aliphatic carbocycles. The first-order valence-electron chi connectivity index (χ1n) is 6.26. The molecule has 0 aromatic heterocycles. The van der Waals surface area contributed by atoms with Crippen LogP contribution in [0, 0.1) is 16.0 Å². The van der Waals surface area contributed by atoms with Gasteiger partial charge in [-0.15, -0.1) is 0 Å². The van der Waals surface area contributed by atoms with Gasteiger partial charge in [0, 0.05) is 30.5 Å². The molecule has 0 radical (unpaired) electrons. The van der Waals surface area contributed by atoms with Crippen LogP contribution in [-0.4, -0.2) is 33.8 Å². The molecule has 110 valence electrons. The molecule has 0 bridgehead atoms. The van der Waals surface area contributed by atoms with Crippen molar-refractivity contribution in [1.82, 2.24) is 0 Å². The number of nitro benzene ring substituents is 1. The van der Waals surface area contributed by atoms with E-state index >= 15 is 0 Å². The van der Waals surface area contributed by atoms with E-state index in [1.807, 2.05) is 13.8 Å². The molecule has 0 heterocycles. The Labute approximate surface area is 116 Å². The maximum Gasteiger partial charge on any atom is 0.338 e. The summed E-state index contributed by atoms with van der Waals surface area (Å²) < 4.78 is 0. The minimum atomic E-state index is -1.23. The summed E-state index contributed by atoms with van der Waals surface area (Å²) in [5, 5.41) is 31.9. The van der Waals surface area contributed by atoms with E-state index in [1.165, 1.54) is 12.1 Å². The fourth-order valence-electron chi connectivity index (χ4n) is 1.86. The van der Waals surface area contributed by atoms with E-state index in [0.717, 1.165) is 6.07 Å². The van der Waals surface area contributed by atoms with E-state index in [-0.39, 0.29) is 29.8 Å². The summed E-state index contributed by atoms with van der Waals surface area (Å²) in [5.41, 5.74) is -0.103. The molecular formula is C13H18N2O5. The Morgan fingerprint density at radius 3 is 2.55 bits per heavy atom. The SMILES string of the molecule is CC(C)C(CCO)Nc1ccc([N+](=O)[O-])cc1C(=O)O. The highest BCUT2D eigenvalue weighted by Crippen LogP contribution is 2.24. The van der Waals surface area contributed by atoms with Gasteiger partial charge in [0.1, 0.15) is 0 Å². The Balaban J connectivity index is 3.10. The topological polar surface area (TPSA) is 113 Å². The Hall–Kier alpha value is -2.15. The summed E-state index contributed by atoms with van der Waals surface area (Å²) in [4.78, 5) is 21.2. The summed E-state index contributed by atoms with van der Waals surface area (Å²) in [5.74, 6) is -1.05. The van der Waals surface area contributed by atoms with Gasteiger partial charge in [0.05, 0.1) is 10.5 Å². The zero-order valence-electron chi connectivity index (χ0n) is 11.4. The Kier molecular flexibility index (Phi) is 5.45. The largest absolute Gasteiger partial charge is 0.478 e. The number of aromatic carboxylic acids is 1. The van der Waals surface area contributed by atoms with Crippen LogP contribution in [0.4, 0.5) is 11.4 Å². The number of carbonyl (C=O) groups is 1. The molecule has 1 aromatic carbocycles. The zero-order chi connectivity index (χ0) is 15.3. The first-order valence-corrected chi connectivity index (χ1v) is 6.26. The second kappa shape index (κ2) is 6.85. The van der Waals surface area contributed by atoms with Crippen LogP contribution in [0.3, 0.4) is 0 Å². The van der Waals surface area contributed by atoms with E-state index in [2.05, 4.69) is 5.32 Å². The minimum absolute atomic E-state index is 0.0226. The van der Waals surface area contributed by atoms with Crippen LogP contribution >= 0.6 is 0 Å². The molecule has 1 unspecified atom stereocenters. The van der Waals surface area contributed by atoms with Crippen molar-refractivity contribution in [3.63, 3.8) is 0 Å². The number of nitrogens with zero attached hydrogens (tertiary/aromatic N) is 1. The standard InChI is InChI=1S/C13H18N2O5/c1-8(2)11(5-6-16)14-12-4-3-9(15(19)20)7-10(12)13(17)18/h3-4,7-8,11,14,16H,5-6H2,1-2H3,(H,17,18). The van der Waals surface area contributed by atoms with Gasteiger partial charge in [-0.05, 0) is 18.4 Å². The maximum absolute atomic E-state index is 11.2. The number of aliphatic hydroxyl groups is 1. The quantitative estimate of drug-likeness (QED) is 0.521. The van der Waals surface area contributed by atoms with Crippen LogP contribution in [0.5, 0.6) is 0 Å². The lowest BCUT2D eigenvalue weighted by atomic mass is 10.00. The van der Waals surface area contributed by atoms with Crippen molar-refractivity contribution >= 4 is 17.3 Å². The summed E-state index contributed by atoms with van der Waals surface area (Å²) in [6, 6.07) is 3.56. The smallest absolute Gasteiger partial charge is 0.338 e. The van der Waals surface area contributed by atoms with Crippen molar-refractivity contribution in [3.8, 4) is 0 Å². The number of nitro groups is 1. The van der Waals surface area contributed by atoms with Gasteiger partial charge in [-0.2, -0.15) is 0 Å². The van der Waals surface area contributed by atoms with E-state index < -0.39 is 10.9 Å². The van der Waals surface area contributed by atoms with Gasteiger partial charge >= 0.3 is 5.97 Å². The van der Waals surface area contributed by atoms with Crippen molar-refractivity contribution in [3.05, 3.63) is 33.9 Å². The molecule has 0 aliphatic heterocycles. The zero-order valence-corrected chi connectivity index (χ0v) is 11.4. The lowest BCUT2D eigenvalue weighted by Crippen LogP contribution is -2.27. The maximum atomic E-state index is 11.2. The van der Waals surface area contributed by atoms with Crippen LogP contribution in [0.15, 0.2) is 18.2 Å². The lowest BCUT2D eigenvalue weighted by Gasteiger charge is -2.23. The van der Waals surface area contributed by atoms with Gasteiger partial charge < -0.3 is 15.5 Å². The third-order valence-corrected chi connectivity index (χ3v) is 3.03. The van der Waals surface area contributed by atoms with Crippen LogP contribution < -0.4 is 5.32 Å². The number of non-ortho nitro benzene ring substituents is 1. The Morgan fingerprint density at radius 2 is 2.10 bits per heavy atom. The lowest BCUT2D eigenvalue weighted by molar-refractivity contribution is -0.384. The van der Waals surface area contributed by atoms with Crippen LogP contribution in [0.1, 0.15) is 30.6 Å². The van der Waals surface area contributed by atoms with Crippen molar-refractivity contribution in [2.24, 2.45) is 5.92 Å². The molecule has 0 amide bonds. The first-order chi connectivity index (χ1) is 9.36. The highest BCUT2D eigenvalue weighted by Gasteiger charge is 2.19. The molecule has 1 rings (SSSR count). The van der Waals surface area contributed by atoms with Gasteiger partial charge in [0.25, 0.3) is 5.69 Å². The molecule has 3 N–H and O–H groups in total. The Morgan fingerprint density at radius 1 is 1.45 bits per heavy atom. The number of nitrogens with one attached hydrogen (secondary N) is 1. The molecule has 7 heteroatoms. The summed E-state index contributed by atoms with van der Waals surface area (Å²) in [6.45, 7) is 3.86. The number of hydrogen-bond acceptors (Lipinski definition) is 5. The van der Waals surface area contributed by atoms with Crippen LogP contribution in [0.25, 0.3) is 0 Å².